The van der Waals surface area contributed by atoms with Gasteiger partial charge in [-0.1, -0.05) is 13.3 Å². The average molecular weight is 264 g/mol. The lowest BCUT2D eigenvalue weighted by atomic mass is 10.1. The minimum atomic E-state index is 0.526. The zero-order valence-electron chi connectivity index (χ0n) is 12.1. The summed E-state index contributed by atoms with van der Waals surface area (Å²) >= 11 is 0. The van der Waals surface area contributed by atoms with E-state index in [1.54, 1.807) is 0 Å². The first-order valence-corrected chi connectivity index (χ1v) is 6.97. The Morgan fingerprint density at radius 3 is 2.47 bits per heavy atom. The van der Waals surface area contributed by atoms with Crippen LogP contribution in [0, 0.1) is 12.8 Å². The Balaban J connectivity index is 2.19. The molecule has 0 amide bonds. The molecule has 0 saturated carbocycles. The number of benzene rings is 1. The van der Waals surface area contributed by atoms with Gasteiger partial charge in [-0.15, -0.1) is 0 Å². The largest absolute Gasteiger partial charge is 0.486 e. The molecule has 1 aliphatic rings. The normalized spacial score (nSPS) is 15.2. The molecule has 2 N–H and O–H groups in total. The molecule has 0 radical (unpaired) electrons. The molecule has 0 fully saturated rings. The number of hydrogen-bond acceptors (Lipinski definition) is 4. The van der Waals surface area contributed by atoms with Gasteiger partial charge in [0, 0.05) is 25.3 Å². The zero-order chi connectivity index (χ0) is 13.8. The second-order valence-electron chi connectivity index (χ2n) is 5.17. The van der Waals surface area contributed by atoms with E-state index >= 15 is 0 Å². The first-order chi connectivity index (χ1) is 9.15. The van der Waals surface area contributed by atoms with Crippen LogP contribution in [0.2, 0.25) is 0 Å². The molecule has 1 atom stereocenters. The lowest BCUT2D eigenvalue weighted by Crippen LogP contribution is -2.30. The van der Waals surface area contributed by atoms with Crippen molar-refractivity contribution in [3.05, 3.63) is 17.7 Å². The highest BCUT2D eigenvalue weighted by molar-refractivity contribution is 5.61. The SMILES string of the molecule is CCC(CN)CN(C)c1cc2c(cc1C)OCCO2. The van der Waals surface area contributed by atoms with E-state index in [0.29, 0.717) is 19.1 Å². The topological polar surface area (TPSA) is 47.7 Å². The van der Waals surface area contributed by atoms with Gasteiger partial charge in [-0.25, -0.2) is 0 Å². The van der Waals surface area contributed by atoms with E-state index in [0.717, 1.165) is 31.0 Å². The first-order valence-electron chi connectivity index (χ1n) is 6.97. The minimum Gasteiger partial charge on any atom is -0.486 e. The second kappa shape index (κ2) is 6.15. The van der Waals surface area contributed by atoms with Crippen molar-refractivity contribution in [1.29, 1.82) is 0 Å². The van der Waals surface area contributed by atoms with Gasteiger partial charge in [0.15, 0.2) is 11.5 Å². The van der Waals surface area contributed by atoms with Gasteiger partial charge in [0.25, 0.3) is 0 Å². The third-order valence-electron chi connectivity index (χ3n) is 3.71. The maximum atomic E-state index is 5.79. The van der Waals surface area contributed by atoms with E-state index in [1.807, 2.05) is 0 Å². The maximum Gasteiger partial charge on any atom is 0.163 e. The van der Waals surface area contributed by atoms with Crippen LogP contribution >= 0.6 is 0 Å². The highest BCUT2D eigenvalue weighted by atomic mass is 16.6. The van der Waals surface area contributed by atoms with E-state index in [9.17, 15) is 0 Å². The number of nitrogens with two attached hydrogens (primary N) is 1. The molecule has 1 aromatic carbocycles. The standard InChI is InChI=1S/C15H24N2O2/c1-4-12(9-16)10-17(3)13-8-15-14(7-11(13)2)18-5-6-19-15/h7-8,12H,4-6,9-10,16H2,1-3H3. The molecule has 1 aromatic rings. The molecule has 0 aromatic heterocycles. The Morgan fingerprint density at radius 1 is 1.26 bits per heavy atom. The molecule has 0 spiro atoms. The van der Waals surface area contributed by atoms with Gasteiger partial charge >= 0.3 is 0 Å². The van der Waals surface area contributed by atoms with Crippen LogP contribution in [-0.2, 0) is 0 Å². The fraction of sp³-hybridized carbons (Fsp3) is 0.600. The first kappa shape index (κ1) is 14.0. The number of ether oxygens (including phenoxy) is 2. The second-order valence-corrected chi connectivity index (χ2v) is 5.17. The monoisotopic (exact) mass is 264 g/mol. The highest BCUT2D eigenvalue weighted by Crippen LogP contribution is 2.36. The van der Waals surface area contributed by atoms with E-state index < -0.39 is 0 Å². The van der Waals surface area contributed by atoms with Crippen LogP contribution < -0.4 is 20.1 Å². The van der Waals surface area contributed by atoms with Crippen molar-refractivity contribution in [3.8, 4) is 11.5 Å². The van der Waals surface area contributed by atoms with Gasteiger partial charge < -0.3 is 20.1 Å². The summed E-state index contributed by atoms with van der Waals surface area (Å²) in [6.07, 6.45) is 1.10. The lowest BCUT2D eigenvalue weighted by Gasteiger charge is -2.28. The molecule has 1 unspecified atom stereocenters. The van der Waals surface area contributed by atoms with Crippen LogP contribution in [0.15, 0.2) is 12.1 Å². The van der Waals surface area contributed by atoms with Crippen LogP contribution in [0.25, 0.3) is 0 Å². The predicted octanol–water partition coefficient (Wildman–Crippen LogP) is 2.19. The van der Waals surface area contributed by atoms with E-state index in [1.165, 1.54) is 11.3 Å². The molecule has 0 aliphatic carbocycles. The van der Waals surface area contributed by atoms with E-state index in [-0.39, 0.29) is 0 Å². The Morgan fingerprint density at radius 2 is 1.89 bits per heavy atom. The summed E-state index contributed by atoms with van der Waals surface area (Å²) in [5.41, 5.74) is 8.19. The van der Waals surface area contributed by atoms with Gasteiger partial charge in [-0.05, 0) is 31.0 Å². The van der Waals surface area contributed by atoms with Gasteiger partial charge in [0.2, 0.25) is 0 Å². The Hall–Kier alpha value is -1.42. The molecular weight excluding hydrogens is 240 g/mol. The molecule has 4 nitrogen and oxygen atoms in total. The Bertz CT molecular complexity index is 430. The van der Waals surface area contributed by atoms with Gasteiger partial charge in [0.1, 0.15) is 13.2 Å². The van der Waals surface area contributed by atoms with Crippen LogP contribution in [0.3, 0.4) is 0 Å². The third-order valence-corrected chi connectivity index (χ3v) is 3.71. The van der Waals surface area contributed by atoms with Crippen molar-refractivity contribution in [2.75, 3.05) is 38.3 Å². The molecule has 1 aliphatic heterocycles. The van der Waals surface area contributed by atoms with Crippen molar-refractivity contribution in [3.63, 3.8) is 0 Å². The number of aryl methyl sites for hydroxylation is 1. The number of hydrogen-bond donors (Lipinski definition) is 1. The maximum absolute atomic E-state index is 5.79. The fourth-order valence-corrected chi connectivity index (χ4v) is 2.45. The van der Waals surface area contributed by atoms with E-state index in [4.69, 9.17) is 15.2 Å². The van der Waals surface area contributed by atoms with Crippen molar-refractivity contribution in [1.82, 2.24) is 0 Å². The van der Waals surface area contributed by atoms with Crippen molar-refractivity contribution in [2.24, 2.45) is 11.7 Å². The predicted molar refractivity (Wildman–Crippen MR) is 78.3 cm³/mol. The van der Waals surface area contributed by atoms with Gasteiger partial charge in [0.05, 0.1) is 0 Å². The molecule has 2 rings (SSSR count). The van der Waals surface area contributed by atoms with Crippen LogP contribution in [0.4, 0.5) is 5.69 Å². The fourth-order valence-electron chi connectivity index (χ4n) is 2.45. The summed E-state index contributed by atoms with van der Waals surface area (Å²) in [5.74, 6) is 2.23. The number of fused-ring (bicyclic) bond motifs is 1. The third kappa shape index (κ3) is 3.13. The number of rotatable bonds is 5. The van der Waals surface area contributed by atoms with Crippen molar-refractivity contribution >= 4 is 5.69 Å². The Labute approximate surface area is 115 Å². The number of nitrogens with zero attached hydrogens (tertiary/aromatic N) is 1. The molecule has 106 valence electrons. The van der Waals surface area contributed by atoms with Gasteiger partial charge in [-0.2, -0.15) is 0 Å². The minimum absolute atomic E-state index is 0.526. The zero-order valence-corrected chi connectivity index (χ0v) is 12.1. The quantitative estimate of drug-likeness (QED) is 0.885. The molecule has 0 bridgehead atoms. The van der Waals surface area contributed by atoms with E-state index in [2.05, 4.69) is 37.9 Å². The van der Waals surface area contributed by atoms with Crippen molar-refractivity contribution in [2.45, 2.75) is 20.3 Å². The number of anilines is 1. The molecule has 0 saturated heterocycles. The lowest BCUT2D eigenvalue weighted by molar-refractivity contribution is 0.171. The van der Waals surface area contributed by atoms with Crippen LogP contribution in [0.1, 0.15) is 18.9 Å². The summed E-state index contributed by atoms with van der Waals surface area (Å²) in [7, 11) is 2.11. The molecular formula is C15H24N2O2. The van der Waals surface area contributed by atoms with Crippen LogP contribution in [-0.4, -0.2) is 33.4 Å². The summed E-state index contributed by atoms with van der Waals surface area (Å²) in [6.45, 7) is 7.24. The summed E-state index contributed by atoms with van der Waals surface area (Å²) in [4.78, 5) is 2.26. The highest BCUT2D eigenvalue weighted by Gasteiger charge is 2.17. The van der Waals surface area contributed by atoms with Crippen molar-refractivity contribution < 1.29 is 9.47 Å². The Kier molecular flexibility index (Phi) is 4.53. The molecule has 4 heteroatoms. The van der Waals surface area contributed by atoms with Gasteiger partial charge in [-0.3, -0.25) is 0 Å². The average Bonchev–Trinajstić information content (AvgIpc) is 2.43. The summed E-state index contributed by atoms with van der Waals surface area (Å²) in [6, 6.07) is 4.14. The molecule has 19 heavy (non-hydrogen) atoms. The smallest absolute Gasteiger partial charge is 0.163 e. The van der Waals surface area contributed by atoms with Crippen LogP contribution in [0.5, 0.6) is 11.5 Å². The molecule has 1 heterocycles. The summed E-state index contributed by atoms with van der Waals surface area (Å²) in [5, 5.41) is 0. The summed E-state index contributed by atoms with van der Waals surface area (Å²) < 4.78 is 11.2.